The lowest BCUT2D eigenvalue weighted by Crippen LogP contribution is -2.39. The Morgan fingerprint density at radius 1 is 0.649 bits per heavy atom. The van der Waals surface area contributed by atoms with Gasteiger partial charge in [-0.3, -0.25) is 0 Å². The molecule has 7 aromatic rings. The number of alkyl carbamates (subject to hydrolysis) is 2. The van der Waals surface area contributed by atoms with Crippen LogP contribution in [-0.4, -0.2) is 112 Å². The number of anilines is 3. The number of aliphatic hydroxyl groups is 2. The van der Waals surface area contributed by atoms with E-state index in [9.17, 15) is 46.1 Å². The summed E-state index contributed by atoms with van der Waals surface area (Å²) < 4.78 is 94.0. The molecule has 9 rings (SSSR count). The van der Waals surface area contributed by atoms with Gasteiger partial charge in [-0.2, -0.15) is 36.3 Å². The number of nitrogens with one attached hydrogen (secondary N) is 3. The third-order valence-corrected chi connectivity index (χ3v) is 15.1. The van der Waals surface area contributed by atoms with Crippen LogP contribution in [0.1, 0.15) is 52.1 Å². The maximum Gasteiger partial charge on any atom is 0.407 e. The molecule has 0 aliphatic heterocycles. The van der Waals surface area contributed by atoms with Crippen molar-refractivity contribution in [2.24, 2.45) is 0 Å². The van der Waals surface area contributed by atoms with Crippen LogP contribution < -0.4 is 30.5 Å². The van der Waals surface area contributed by atoms with E-state index in [1.807, 2.05) is 84.9 Å². The van der Waals surface area contributed by atoms with Gasteiger partial charge in [-0.1, -0.05) is 72.8 Å². The number of carbonyl (C=O) groups is 2. The van der Waals surface area contributed by atoms with Crippen LogP contribution in [0.5, 0.6) is 5.75 Å². The Bertz CT molecular complexity index is 3110. The van der Waals surface area contributed by atoms with Gasteiger partial charge in [-0.05, 0) is 78.2 Å². The summed E-state index contributed by atoms with van der Waals surface area (Å²) in [5, 5.41) is 31.2. The Morgan fingerprint density at radius 2 is 1.10 bits per heavy atom. The number of nitrogens with zero attached hydrogens (tertiary/aromatic N) is 6. The van der Waals surface area contributed by atoms with Gasteiger partial charge in [0.15, 0.2) is 0 Å². The molecule has 4 aromatic heterocycles. The van der Waals surface area contributed by atoms with Crippen molar-refractivity contribution in [2.45, 2.75) is 107 Å². The molecule has 2 saturated carbocycles. The van der Waals surface area contributed by atoms with E-state index in [0.717, 1.165) is 39.4 Å². The van der Waals surface area contributed by atoms with Gasteiger partial charge in [0.2, 0.25) is 11.2 Å². The highest BCUT2D eigenvalue weighted by molar-refractivity contribution is 7.19. The minimum atomic E-state index is -4.37. The maximum atomic E-state index is 13.2. The molecule has 2 aliphatic carbocycles. The van der Waals surface area contributed by atoms with Crippen molar-refractivity contribution < 1.29 is 60.4 Å². The quantitative estimate of drug-likeness (QED) is 0.0453. The number of thiophene rings is 2. The van der Waals surface area contributed by atoms with Crippen LogP contribution in [0.3, 0.4) is 0 Å². The molecule has 77 heavy (non-hydrogen) atoms. The Hall–Kier alpha value is -6.73. The summed E-state index contributed by atoms with van der Waals surface area (Å²) in [6, 6.07) is 27.2. The smallest absolute Gasteiger partial charge is 0.407 e. The van der Waals surface area contributed by atoms with E-state index in [-0.39, 0.29) is 52.7 Å². The fourth-order valence-corrected chi connectivity index (χ4v) is 11.6. The van der Waals surface area contributed by atoms with Crippen molar-refractivity contribution in [3.05, 3.63) is 129 Å². The summed E-state index contributed by atoms with van der Waals surface area (Å²) in [7, 11) is 5.00. The molecule has 2 amide bonds. The summed E-state index contributed by atoms with van der Waals surface area (Å²) in [4.78, 5) is 46.5. The largest absolute Gasteiger partial charge is 0.497 e. The number of likely N-dealkylation sites (N-methyl/N-ethyl adjacent to an activating group) is 2. The number of aromatic nitrogens is 4. The Kier molecular flexibility index (Phi) is 18.1. The van der Waals surface area contributed by atoms with Gasteiger partial charge in [0, 0.05) is 42.5 Å². The molecule has 0 spiro atoms. The molecular formula is C52H54ClF6N9O7S2. The standard InChI is InChI=1S/C30H32F3N5O4S.C22H22ClF3N4O3S/c1-38(24-12-20(13-25(24)39)35-29(40)42-17-19-6-4-3-5-7-19)26-23-14-22(15-30(31,32)33)43-27(23)37-28(36-26)34-16-18-8-10-21(41-2)11-9-18;1-30(18-15-9-14(10-22(24,25)26)34-19(15)29-20(23)28-18)16-7-13(8-17(16)31)27-21(32)33-11-12-5-3-2-4-6-12/h3-11,14,20,24-25,39H,12-13,15-17H2,1-2H3,(H,35,40)(H,34,36,37);2-6,9,13,16-17,31H,7-8,10-11H2,1H3,(H,27,32)/t20-,24+,25-;13-,16+,17-/m11/s1. The summed E-state index contributed by atoms with van der Waals surface area (Å²) in [6.07, 6.45) is -12.3. The minimum absolute atomic E-state index is 0.0959. The number of benzene rings is 3. The first kappa shape index (κ1) is 56.5. The van der Waals surface area contributed by atoms with Crippen LogP contribution in [0.4, 0.5) is 53.5 Å². The molecule has 0 saturated heterocycles. The van der Waals surface area contributed by atoms with Gasteiger partial charge in [0.25, 0.3) is 0 Å². The molecule has 3 aromatic carbocycles. The van der Waals surface area contributed by atoms with Crippen molar-refractivity contribution in [2.75, 3.05) is 36.3 Å². The average molecular weight is 1130 g/mol. The van der Waals surface area contributed by atoms with E-state index < -0.39 is 61.7 Å². The van der Waals surface area contributed by atoms with Crippen LogP contribution in [-0.2, 0) is 42.1 Å². The fourth-order valence-electron chi connectivity index (χ4n) is 9.23. The number of alkyl halides is 6. The van der Waals surface area contributed by atoms with E-state index in [4.69, 9.17) is 25.8 Å². The number of hydrogen-bond donors (Lipinski definition) is 5. The summed E-state index contributed by atoms with van der Waals surface area (Å²) in [5.74, 6) is 1.69. The second kappa shape index (κ2) is 24.7. The zero-order valence-corrected chi connectivity index (χ0v) is 44.0. The number of rotatable bonds is 16. The number of amides is 2. The summed E-state index contributed by atoms with van der Waals surface area (Å²) >= 11 is 7.91. The third-order valence-electron chi connectivity index (χ3n) is 12.9. The predicted octanol–water partition coefficient (Wildman–Crippen LogP) is 10.4. The second-order valence-electron chi connectivity index (χ2n) is 18.6. The van der Waals surface area contributed by atoms with Gasteiger partial charge >= 0.3 is 24.5 Å². The van der Waals surface area contributed by atoms with Gasteiger partial charge in [-0.15, -0.1) is 22.7 Å². The first-order valence-corrected chi connectivity index (χ1v) is 26.2. The van der Waals surface area contributed by atoms with Gasteiger partial charge in [-0.25, -0.2) is 19.6 Å². The van der Waals surface area contributed by atoms with Crippen molar-refractivity contribution >= 4 is 84.5 Å². The van der Waals surface area contributed by atoms with Crippen LogP contribution in [0, 0.1) is 0 Å². The average Bonchev–Trinajstić information content (AvgIpc) is 4.17. The van der Waals surface area contributed by atoms with Crippen LogP contribution in [0.2, 0.25) is 5.28 Å². The normalized spacial score (nSPS) is 19.3. The van der Waals surface area contributed by atoms with E-state index in [2.05, 4.69) is 35.9 Å². The monoisotopic (exact) mass is 1130 g/mol. The molecule has 6 atom stereocenters. The highest BCUT2D eigenvalue weighted by Crippen LogP contribution is 2.39. The number of fused-ring (bicyclic) bond motifs is 2. The molecule has 5 N–H and O–H groups in total. The molecule has 2 fully saturated rings. The molecule has 4 heterocycles. The lowest BCUT2D eigenvalue weighted by atomic mass is 10.1. The third kappa shape index (κ3) is 15.5. The zero-order valence-electron chi connectivity index (χ0n) is 41.6. The SMILES string of the molecule is CN(c1nc(Cl)nc2sc(CC(F)(F)F)cc12)[C@H]1C[C@@H](NC(=O)OCc2ccccc2)C[C@H]1O.COc1ccc(CNc2nc(N(C)[C@H]3C[C@@H](NC(=O)OCc4ccccc4)C[C@H]3O)c3cc(CC(F)(F)F)sc3n2)cc1. The van der Waals surface area contributed by atoms with Gasteiger partial charge in [0.1, 0.15) is 40.3 Å². The maximum absolute atomic E-state index is 13.2. The predicted molar refractivity (Wildman–Crippen MR) is 282 cm³/mol. The molecule has 0 unspecified atom stereocenters. The number of hydrogen-bond acceptors (Lipinski definition) is 16. The molecule has 0 bridgehead atoms. The Morgan fingerprint density at radius 3 is 1.56 bits per heavy atom. The van der Waals surface area contributed by atoms with E-state index in [1.165, 1.54) is 12.1 Å². The number of carbonyl (C=O) groups excluding carboxylic acids is 2. The van der Waals surface area contributed by atoms with Crippen molar-refractivity contribution in [3.63, 3.8) is 0 Å². The molecule has 410 valence electrons. The molecule has 2 aliphatic rings. The number of ether oxygens (including phenoxy) is 3. The summed E-state index contributed by atoms with van der Waals surface area (Å²) in [6.45, 7) is 0.624. The van der Waals surface area contributed by atoms with Crippen molar-refractivity contribution in [1.82, 2.24) is 30.6 Å². The number of methoxy groups -OCH3 is 1. The molecule has 0 radical (unpaired) electrons. The number of halogens is 7. The minimum Gasteiger partial charge on any atom is -0.497 e. The van der Waals surface area contributed by atoms with Crippen molar-refractivity contribution in [3.8, 4) is 5.75 Å². The van der Waals surface area contributed by atoms with Gasteiger partial charge in [0.05, 0.1) is 55.0 Å². The topological polar surface area (TPSA) is 196 Å². The first-order chi connectivity index (χ1) is 36.7. The molecule has 16 nitrogen and oxygen atoms in total. The van der Waals surface area contributed by atoms with Crippen molar-refractivity contribution in [1.29, 1.82) is 0 Å². The number of aliphatic hydroxyl groups excluding tert-OH is 2. The molecular weight excluding hydrogens is 1080 g/mol. The Balaban J connectivity index is 0.000000209. The lowest BCUT2D eigenvalue weighted by molar-refractivity contribution is -0.127. The van der Waals surface area contributed by atoms with E-state index >= 15 is 0 Å². The highest BCUT2D eigenvalue weighted by Gasteiger charge is 2.40. The second-order valence-corrected chi connectivity index (χ2v) is 21.1. The highest BCUT2D eigenvalue weighted by atomic mass is 35.5. The Labute approximate surface area is 451 Å². The van der Waals surface area contributed by atoms with Crippen LogP contribution in [0.25, 0.3) is 20.4 Å². The molecule has 25 heteroatoms. The fraction of sp³-hybridized carbons (Fsp3) is 0.385. The van der Waals surface area contributed by atoms with Gasteiger partial charge < -0.3 is 50.2 Å². The lowest BCUT2D eigenvalue weighted by Gasteiger charge is -2.29. The zero-order chi connectivity index (χ0) is 55.0. The van der Waals surface area contributed by atoms with Crippen LogP contribution in [0.15, 0.2) is 97.1 Å². The van der Waals surface area contributed by atoms with Crippen LogP contribution >= 0.6 is 34.3 Å². The first-order valence-electron chi connectivity index (χ1n) is 24.2. The summed E-state index contributed by atoms with van der Waals surface area (Å²) in [5.41, 5.74) is 2.64. The van der Waals surface area contributed by atoms with E-state index in [1.54, 1.807) is 31.0 Å². The van der Waals surface area contributed by atoms with E-state index in [0.29, 0.717) is 63.6 Å².